The number of aromatic hydroxyl groups is 1. The predicted octanol–water partition coefficient (Wildman–Crippen LogP) is 1.59. The van der Waals surface area contributed by atoms with Crippen LogP contribution in [0.3, 0.4) is 0 Å². The molecule has 5 nitrogen and oxygen atoms in total. The fourth-order valence-electron chi connectivity index (χ4n) is 1.56. The minimum atomic E-state index is -1.00. The molecule has 2 rings (SSSR count). The number of carbonyl (C=O) groups is 1. The molecule has 1 heterocycles. The van der Waals surface area contributed by atoms with Gasteiger partial charge in [0.05, 0.1) is 18.4 Å². The number of aliphatic hydroxyl groups excluding tert-OH is 1. The van der Waals surface area contributed by atoms with Crippen LogP contribution in [0.1, 0.15) is 22.2 Å². The molecule has 2 aromatic rings. The van der Waals surface area contributed by atoms with Crippen LogP contribution >= 0.6 is 0 Å². The van der Waals surface area contributed by atoms with E-state index in [-0.39, 0.29) is 17.9 Å². The molecule has 19 heavy (non-hydrogen) atoms. The average Bonchev–Trinajstić information content (AvgIpc) is 2.92. The molecule has 1 amide bonds. The van der Waals surface area contributed by atoms with Crippen LogP contribution in [0.15, 0.2) is 41.0 Å². The Morgan fingerprint density at radius 2 is 2.21 bits per heavy atom. The lowest BCUT2D eigenvalue weighted by Crippen LogP contribution is -2.28. The summed E-state index contributed by atoms with van der Waals surface area (Å²) in [6, 6.07) is 6.23. The number of amides is 1. The van der Waals surface area contributed by atoms with Crippen molar-refractivity contribution in [2.24, 2.45) is 0 Å². The second-order valence-electron chi connectivity index (χ2n) is 3.90. The van der Waals surface area contributed by atoms with E-state index in [2.05, 4.69) is 5.32 Å². The number of nitrogens with one attached hydrogen (secondary N) is 1. The van der Waals surface area contributed by atoms with Crippen LogP contribution in [0.5, 0.6) is 5.75 Å². The average molecular weight is 265 g/mol. The van der Waals surface area contributed by atoms with Crippen LogP contribution in [0.4, 0.5) is 4.39 Å². The zero-order valence-electron chi connectivity index (χ0n) is 9.84. The van der Waals surface area contributed by atoms with Gasteiger partial charge in [0, 0.05) is 0 Å². The number of halogens is 1. The van der Waals surface area contributed by atoms with Crippen molar-refractivity contribution in [2.75, 3.05) is 6.54 Å². The van der Waals surface area contributed by atoms with Crippen molar-refractivity contribution >= 4 is 5.91 Å². The van der Waals surface area contributed by atoms with Gasteiger partial charge in [-0.1, -0.05) is 0 Å². The Labute approximate surface area is 108 Å². The Hall–Kier alpha value is -2.34. The molecule has 1 atom stereocenters. The molecule has 0 aliphatic carbocycles. The molecule has 100 valence electrons. The van der Waals surface area contributed by atoms with Crippen molar-refractivity contribution in [2.45, 2.75) is 6.10 Å². The Kier molecular flexibility index (Phi) is 3.82. The molecule has 0 fully saturated rings. The number of rotatable bonds is 4. The smallest absolute Gasteiger partial charge is 0.255 e. The summed E-state index contributed by atoms with van der Waals surface area (Å²) in [5, 5.41) is 21.5. The Balaban J connectivity index is 2.00. The lowest BCUT2D eigenvalue weighted by molar-refractivity contribution is 0.0898. The third-order valence-corrected chi connectivity index (χ3v) is 2.53. The molecule has 1 aromatic carbocycles. The molecule has 0 radical (unpaired) electrons. The first-order valence-electron chi connectivity index (χ1n) is 5.56. The fraction of sp³-hybridized carbons (Fsp3) is 0.154. The van der Waals surface area contributed by atoms with Gasteiger partial charge in [0.15, 0.2) is 0 Å². The van der Waals surface area contributed by atoms with E-state index < -0.39 is 17.8 Å². The zero-order valence-corrected chi connectivity index (χ0v) is 9.84. The van der Waals surface area contributed by atoms with Gasteiger partial charge in [0.1, 0.15) is 23.4 Å². The number of phenols is 1. The third kappa shape index (κ3) is 3.11. The highest BCUT2D eigenvalue weighted by Gasteiger charge is 2.15. The first kappa shape index (κ1) is 13.1. The van der Waals surface area contributed by atoms with Gasteiger partial charge in [-0.2, -0.15) is 0 Å². The van der Waals surface area contributed by atoms with E-state index in [1.54, 1.807) is 12.1 Å². The number of carbonyl (C=O) groups excluding carboxylic acids is 1. The maximum absolute atomic E-state index is 13.0. The van der Waals surface area contributed by atoms with Gasteiger partial charge in [-0.15, -0.1) is 0 Å². The van der Waals surface area contributed by atoms with Crippen molar-refractivity contribution in [1.29, 1.82) is 0 Å². The van der Waals surface area contributed by atoms with Crippen molar-refractivity contribution < 1.29 is 23.8 Å². The summed E-state index contributed by atoms with van der Waals surface area (Å²) in [5.74, 6) is -1.33. The lowest BCUT2D eigenvalue weighted by atomic mass is 10.1. The molecule has 0 aliphatic heterocycles. The summed E-state index contributed by atoms with van der Waals surface area (Å²) in [7, 11) is 0. The van der Waals surface area contributed by atoms with Crippen LogP contribution in [0.25, 0.3) is 0 Å². The van der Waals surface area contributed by atoms with E-state index >= 15 is 0 Å². The van der Waals surface area contributed by atoms with E-state index in [1.165, 1.54) is 6.26 Å². The standard InChI is InChI=1S/C13H12FNO4/c14-8-3-4-10(16)9(6-8)13(18)15-7-11(17)12-2-1-5-19-12/h1-6,11,16-17H,7H2,(H,15,18). The third-order valence-electron chi connectivity index (χ3n) is 2.53. The van der Waals surface area contributed by atoms with E-state index in [0.717, 1.165) is 18.2 Å². The first-order valence-corrected chi connectivity index (χ1v) is 5.56. The van der Waals surface area contributed by atoms with E-state index in [1.807, 2.05) is 0 Å². The zero-order chi connectivity index (χ0) is 13.8. The molecular formula is C13H12FNO4. The molecule has 6 heteroatoms. The highest BCUT2D eigenvalue weighted by atomic mass is 19.1. The number of aliphatic hydroxyl groups is 1. The van der Waals surface area contributed by atoms with E-state index in [4.69, 9.17) is 4.42 Å². The van der Waals surface area contributed by atoms with Gasteiger partial charge in [-0.3, -0.25) is 4.79 Å². The van der Waals surface area contributed by atoms with Gasteiger partial charge in [0.2, 0.25) is 0 Å². The molecule has 0 saturated carbocycles. The lowest BCUT2D eigenvalue weighted by Gasteiger charge is -2.10. The fourth-order valence-corrected chi connectivity index (χ4v) is 1.56. The Morgan fingerprint density at radius 1 is 1.42 bits per heavy atom. The second kappa shape index (κ2) is 5.53. The summed E-state index contributed by atoms with van der Waals surface area (Å²) < 4.78 is 17.9. The number of hydrogen-bond acceptors (Lipinski definition) is 4. The minimum Gasteiger partial charge on any atom is -0.507 e. The predicted molar refractivity (Wildman–Crippen MR) is 64.1 cm³/mol. The summed E-state index contributed by atoms with van der Waals surface area (Å²) in [6.45, 7) is -0.109. The Morgan fingerprint density at radius 3 is 2.89 bits per heavy atom. The van der Waals surface area contributed by atoms with E-state index in [0.29, 0.717) is 5.76 Å². The highest BCUT2D eigenvalue weighted by Crippen LogP contribution is 2.18. The summed E-state index contributed by atoms with van der Waals surface area (Å²) >= 11 is 0. The van der Waals surface area contributed by atoms with Crippen LogP contribution in [-0.4, -0.2) is 22.7 Å². The maximum atomic E-state index is 13.0. The van der Waals surface area contributed by atoms with Gasteiger partial charge < -0.3 is 19.9 Å². The van der Waals surface area contributed by atoms with Crippen molar-refractivity contribution in [3.8, 4) is 5.75 Å². The van der Waals surface area contributed by atoms with Gasteiger partial charge in [-0.25, -0.2) is 4.39 Å². The van der Waals surface area contributed by atoms with Crippen LogP contribution in [0.2, 0.25) is 0 Å². The monoisotopic (exact) mass is 265 g/mol. The van der Waals surface area contributed by atoms with Crippen LogP contribution in [0, 0.1) is 5.82 Å². The van der Waals surface area contributed by atoms with Crippen LogP contribution in [-0.2, 0) is 0 Å². The number of furan rings is 1. The SMILES string of the molecule is O=C(NCC(O)c1ccco1)c1cc(F)ccc1O. The van der Waals surface area contributed by atoms with Crippen molar-refractivity contribution in [3.63, 3.8) is 0 Å². The summed E-state index contributed by atoms with van der Waals surface area (Å²) in [4.78, 5) is 11.7. The quantitative estimate of drug-likeness (QED) is 0.784. The molecule has 1 aromatic heterocycles. The number of benzene rings is 1. The van der Waals surface area contributed by atoms with Crippen molar-refractivity contribution in [3.05, 3.63) is 53.7 Å². The van der Waals surface area contributed by atoms with Gasteiger partial charge >= 0.3 is 0 Å². The Bertz CT molecular complexity index is 568. The normalized spacial score (nSPS) is 12.1. The molecule has 0 saturated heterocycles. The maximum Gasteiger partial charge on any atom is 0.255 e. The van der Waals surface area contributed by atoms with Crippen LogP contribution < -0.4 is 5.32 Å². The largest absolute Gasteiger partial charge is 0.507 e. The van der Waals surface area contributed by atoms with E-state index in [9.17, 15) is 19.4 Å². The number of hydrogen-bond donors (Lipinski definition) is 3. The molecule has 0 aliphatic rings. The minimum absolute atomic E-state index is 0.109. The molecule has 1 unspecified atom stereocenters. The highest BCUT2D eigenvalue weighted by molar-refractivity contribution is 5.96. The topological polar surface area (TPSA) is 82.7 Å². The number of phenolic OH excluding ortho intramolecular Hbond substituents is 1. The first-order chi connectivity index (χ1) is 9.08. The van der Waals surface area contributed by atoms with Gasteiger partial charge in [-0.05, 0) is 30.3 Å². The summed E-state index contributed by atoms with van der Waals surface area (Å²) in [6.07, 6.45) is 0.397. The van der Waals surface area contributed by atoms with Gasteiger partial charge in [0.25, 0.3) is 5.91 Å². The van der Waals surface area contributed by atoms with Crippen molar-refractivity contribution in [1.82, 2.24) is 5.32 Å². The molecular weight excluding hydrogens is 253 g/mol. The molecule has 0 spiro atoms. The molecule has 0 bridgehead atoms. The molecule has 3 N–H and O–H groups in total. The summed E-state index contributed by atoms with van der Waals surface area (Å²) in [5.41, 5.74) is -0.188. The second-order valence-corrected chi connectivity index (χ2v) is 3.90.